The Hall–Kier alpha value is -2.81. The average molecular weight is 462 g/mol. The predicted molar refractivity (Wildman–Crippen MR) is 117 cm³/mol. The zero-order chi connectivity index (χ0) is 22.0. The van der Waals surface area contributed by atoms with Crippen LogP contribution in [0.4, 0.5) is 5.69 Å². The molecule has 0 aliphatic carbocycles. The van der Waals surface area contributed by atoms with Gasteiger partial charge in [0.15, 0.2) is 6.29 Å². The van der Waals surface area contributed by atoms with E-state index in [1.54, 1.807) is 18.2 Å². The Bertz CT molecular complexity index is 984. The van der Waals surface area contributed by atoms with Crippen molar-refractivity contribution < 1.29 is 14.4 Å². The van der Waals surface area contributed by atoms with Crippen molar-refractivity contribution in [1.82, 2.24) is 21.3 Å². The second-order valence-electron chi connectivity index (χ2n) is 7.50. The number of hydrogen-bond donors (Lipinski definition) is 5. The van der Waals surface area contributed by atoms with Crippen molar-refractivity contribution in [2.45, 2.75) is 25.4 Å². The number of rotatable bonds is 5. The fraction of sp³-hybridized carbons (Fsp3) is 0.286. The maximum absolute atomic E-state index is 12.9. The highest BCUT2D eigenvalue weighted by molar-refractivity contribution is 6.35. The molecule has 4 atom stereocenters. The molecule has 2 aromatic rings. The van der Waals surface area contributed by atoms with Crippen molar-refractivity contribution in [3.05, 3.63) is 64.1 Å². The maximum atomic E-state index is 12.9. The first-order chi connectivity index (χ1) is 14.9. The minimum absolute atomic E-state index is 0.0567. The lowest BCUT2D eigenvalue weighted by atomic mass is 9.81. The minimum atomic E-state index is -0.781. The predicted octanol–water partition coefficient (Wildman–Crippen LogP) is 1.80. The fourth-order valence-electron chi connectivity index (χ4n) is 3.87. The van der Waals surface area contributed by atoms with Crippen molar-refractivity contribution in [2.75, 3.05) is 5.32 Å². The molecule has 0 radical (unpaired) electrons. The van der Waals surface area contributed by atoms with Gasteiger partial charge in [-0.1, -0.05) is 53.5 Å². The van der Waals surface area contributed by atoms with Crippen molar-refractivity contribution in [2.24, 2.45) is 11.8 Å². The van der Waals surface area contributed by atoms with Crippen LogP contribution < -0.4 is 26.6 Å². The Morgan fingerprint density at radius 2 is 1.74 bits per heavy atom. The van der Waals surface area contributed by atoms with Crippen LogP contribution in [0, 0.1) is 11.8 Å². The van der Waals surface area contributed by atoms with Gasteiger partial charge in [0.05, 0.1) is 18.0 Å². The molecule has 162 valence electrons. The molecular formula is C21H21Cl2N5O3. The smallest absolute Gasteiger partial charge is 0.229 e. The topological polar surface area (TPSA) is 111 Å². The zero-order valence-corrected chi connectivity index (χ0v) is 17.8. The van der Waals surface area contributed by atoms with Gasteiger partial charge < -0.3 is 21.3 Å². The standard InChI is InChI=1S/C21H21Cl2N5O3/c22-12-6-13(23)8-14(7-12)25-21-27-18-17(20(31)28-21)15(9-16(29)26-18)19(30)24-10-11-4-2-1-3-5-11/h1-8,15,17-18,21,25,27H,9-10H2,(H,24,30)(H,26,29)(H,28,31). The third kappa shape index (κ3) is 5.10. The lowest BCUT2D eigenvalue weighted by Crippen LogP contribution is -2.72. The largest absolute Gasteiger partial charge is 0.353 e. The monoisotopic (exact) mass is 461 g/mol. The molecule has 0 bridgehead atoms. The van der Waals surface area contributed by atoms with Crippen LogP contribution in [0.5, 0.6) is 0 Å². The van der Waals surface area contributed by atoms with E-state index in [-0.39, 0.29) is 24.1 Å². The first-order valence-corrected chi connectivity index (χ1v) is 10.5. The number of benzene rings is 2. The van der Waals surface area contributed by atoms with Crippen molar-refractivity contribution in [1.29, 1.82) is 0 Å². The summed E-state index contributed by atoms with van der Waals surface area (Å²) in [6.07, 6.45) is -1.44. The SMILES string of the molecule is O=C1CC(C(=O)NCc2ccccc2)C2C(=O)NC(Nc3cc(Cl)cc(Cl)c3)NC2N1. The lowest BCUT2D eigenvalue weighted by molar-refractivity contribution is -0.146. The summed E-state index contributed by atoms with van der Waals surface area (Å²) >= 11 is 12.0. The molecule has 31 heavy (non-hydrogen) atoms. The molecule has 2 heterocycles. The number of halogens is 2. The molecule has 2 saturated heterocycles. The number of carbonyl (C=O) groups is 3. The summed E-state index contributed by atoms with van der Waals surface area (Å²) in [6, 6.07) is 14.3. The van der Waals surface area contributed by atoms with E-state index in [0.717, 1.165) is 5.56 Å². The van der Waals surface area contributed by atoms with Crippen molar-refractivity contribution in [3.8, 4) is 0 Å². The van der Waals surface area contributed by atoms with E-state index in [0.29, 0.717) is 22.3 Å². The summed E-state index contributed by atoms with van der Waals surface area (Å²) in [5.74, 6) is -2.49. The van der Waals surface area contributed by atoms with E-state index < -0.39 is 24.3 Å². The normalized spacial score (nSPS) is 25.1. The molecule has 0 saturated carbocycles. The van der Waals surface area contributed by atoms with E-state index in [2.05, 4.69) is 26.6 Å². The van der Waals surface area contributed by atoms with Gasteiger partial charge in [-0.2, -0.15) is 0 Å². The number of anilines is 1. The first-order valence-electron chi connectivity index (χ1n) is 9.79. The molecule has 8 nitrogen and oxygen atoms in total. The highest BCUT2D eigenvalue weighted by Crippen LogP contribution is 2.28. The fourth-order valence-corrected chi connectivity index (χ4v) is 4.40. The first kappa shape index (κ1) is 21.4. The van der Waals surface area contributed by atoms with Crippen LogP contribution in [-0.2, 0) is 20.9 Å². The molecule has 3 amide bonds. The van der Waals surface area contributed by atoms with Gasteiger partial charge in [-0.3, -0.25) is 19.7 Å². The molecule has 0 spiro atoms. The number of amides is 3. The summed E-state index contributed by atoms with van der Waals surface area (Å²) in [4.78, 5) is 38.0. The van der Waals surface area contributed by atoms with E-state index in [1.807, 2.05) is 30.3 Å². The summed E-state index contributed by atoms with van der Waals surface area (Å²) in [6.45, 7) is 0.323. The number of hydrogen-bond acceptors (Lipinski definition) is 5. The van der Waals surface area contributed by atoms with Crippen LogP contribution in [0.2, 0.25) is 10.0 Å². The van der Waals surface area contributed by atoms with Crippen molar-refractivity contribution in [3.63, 3.8) is 0 Å². The van der Waals surface area contributed by atoms with Gasteiger partial charge in [0.1, 0.15) is 0 Å². The molecule has 2 fully saturated rings. The van der Waals surface area contributed by atoms with E-state index in [1.165, 1.54) is 0 Å². The highest BCUT2D eigenvalue weighted by atomic mass is 35.5. The Kier molecular flexibility index (Phi) is 6.31. The van der Waals surface area contributed by atoms with Crippen LogP contribution in [0.1, 0.15) is 12.0 Å². The minimum Gasteiger partial charge on any atom is -0.353 e. The quantitative estimate of drug-likeness (QED) is 0.466. The number of nitrogens with one attached hydrogen (secondary N) is 5. The van der Waals surface area contributed by atoms with Gasteiger partial charge in [0.2, 0.25) is 17.7 Å². The third-order valence-electron chi connectivity index (χ3n) is 5.27. The van der Waals surface area contributed by atoms with Gasteiger partial charge >= 0.3 is 0 Å². The molecule has 2 aromatic carbocycles. The van der Waals surface area contributed by atoms with Gasteiger partial charge in [-0.15, -0.1) is 0 Å². The summed E-state index contributed by atoms with van der Waals surface area (Å²) in [7, 11) is 0. The Labute approximate surface area is 189 Å². The molecular weight excluding hydrogens is 441 g/mol. The molecule has 4 rings (SSSR count). The molecule has 4 unspecified atom stereocenters. The number of piperidine rings is 1. The Morgan fingerprint density at radius 3 is 2.45 bits per heavy atom. The molecule has 0 aromatic heterocycles. The second-order valence-corrected chi connectivity index (χ2v) is 8.37. The Balaban J connectivity index is 1.44. The van der Waals surface area contributed by atoms with Crippen LogP contribution >= 0.6 is 23.2 Å². The highest BCUT2D eigenvalue weighted by Gasteiger charge is 2.48. The summed E-state index contributed by atoms with van der Waals surface area (Å²) < 4.78 is 0. The van der Waals surface area contributed by atoms with Crippen LogP contribution in [-0.4, -0.2) is 30.2 Å². The van der Waals surface area contributed by atoms with Gasteiger partial charge in [-0.05, 0) is 23.8 Å². The zero-order valence-electron chi connectivity index (χ0n) is 16.3. The average Bonchev–Trinajstić information content (AvgIpc) is 2.71. The molecule has 10 heteroatoms. The third-order valence-corrected chi connectivity index (χ3v) is 5.71. The van der Waals surface area contributed by atoms with Gasteiger partial charge in [0, 0.05) is 28.7 Å². The Morgan fingerprint density at radius 1 is 1.03 bits per heavy atom. The molecule has 2 aliphatic heterocycles. The number of carbonyl (C=O) groups excluding carboxylic acids is 3. The van der Waals surface area contributed by atoms with E-state index >= 15 is 0 Å². The molecule has 5 N–H and O–H groups in total. The van der Waals surface area contributed by atoms with Crippen LogP contribution in [0.25, 0.3) is 0 Å². The van der Waals surface area contributed by atoms with Crippen LogP contribution in [0.3, 0.4) is 0 Å². The second kappa shape index (κ2) is 9.13. The van der Waals surface area contributed by atoms with Crippen LogP contribution in [0.15, 0.2) is 48.5 Å². The lowest BCUT2D eigenvalue weighted by Gasteiger charge is -2.43. The number of fused-ring (bicyclic) bond motifs is 1. The van der Waals surface area contributed by atoms with Gasteiger partial charge in [0.25, 0.3) is 0 Å². The van der Waals surface area contributed by atoms with E-state index in [4.69, 9.17) is 23.2 Å². The van der Waals surface area contributed by atoms with Gasteiger partial charge in [-0.25, -0.2) is 0 Å². The summed E-state index contributed by atoms with van der Waals surface area (Å²) in [5.41, 5.74) is 1.52. The maximum Gasteiger partial charge on any atom is 0.229 e. The molecule has 2 aliphatic rings. The van der Waals surface area contributed by atoms with Crippen molar-refractivity contribution >= 4 is 46.6 Å². The van der Waals surface area contributed by atoms with E-state index in [9.17, 15) is 14.4 Å². The summed E-state index contributed by atoms with van der Waals surface area (Å²) in [5, 5.41) is 15.5.